The smallest absolute Gasteiger partial charge is 0.221 e. The number of carbonyl (C=O) groups is 1. The number of nitrogens with one attached hydrogen (secondary N) is 1. The Morgan fingerprint density at radius 2 is 1.94 bits per heavy atom. The molecule has 1 atom stereocenters. The van der Waals surface area contributed by atoms with Crippen LogP contribution in [0.2, 0.25) is 0 Å². The molecular formula is C12H27N3O. The van der Waals surface area contributed by atoms with Crippen LogP contribution in [0.25, 0.3) is 0 Å². The Hall–Kier alpha value is -0.610. The zero-order chi connectivity index (χ0) is 12.6. The van der Waals surface area contributed by atoms with E-state index in [1.807, 2.05) is 13.8 Å². The molecule has 0 heterocycles. The van der Waals surface area contributed by atoms with Crippen molar-refractivity contribution in [2.75, 3.05) is 27.2 Å². The lowest BCUT2D eigenvalue weighted by Gasteiger charge is -2.15. The molecule has 0 aliphatic rings. The lowest BCUT2D eigenvalue weighted by molar-refractivity contribution is -0.121. The number of unbranched alkanes of at least 4 members (excludes halogenated alkanes) is 1. The highest BCUT2D eigenvalue weighted by atomic mass is 16.1. The summed E-state index contributed by atoms with van der Waals surface area (Å²) in [6.45, 7) is 5.91. The number of hydrogen-bond acceptors (Lipinski definition) is 3. The Bertz CT molecular complexity index is 193. The molecule has 0 bridgehead atoms. The van der Waals surface area contributed by atoms with Gasteiger partial charge in [0.05, 0.1) is 0 Å². The fourth-order valence-electron chi connectivity index (χ4n) is 1.30. The fourth-order valence-corrected chi connectivity index (χ4v) is 1.30. The zero-order valence-electron chi connectivity index (χ0n) is 11.1. The summed E-state index contributed by atoms with van der Waals surface area (Å²) in [7, 11) is 4.11. The Kier molecular flexibility index (Phi) is 8.21. The first-order valence-corrected chi connectivity index (χ1v) is 6.10. The first-order chi connectivity index (χ1) is 7.43. The van der Waals surface area contributed by atoms with Crippen molar-refractivity contribution < 1.29 is 4.79 Å². The van der Waals surface area contributed by atoms with E-state index in [4.69, 9.17) is 5.73 Å². The molecule has 0 fully saturated rings. The summed E-state index contributed by atoms with van der Waals surface area (Å²) in [5, 5.41) is 2.90. The second kappa shape index (κ2) is 8.53. The molecule has 0 aromatic carbocycles. The van der Waals surface area contributed by atoms with Gasteiger partial charge in [-0.1, -0.05) is 13.8 Å². The van der Waals surface area contributed by atoms with Crippen molar-refractivity contribution in [3.8, 4) is 0 Å². The maximum atomic E-state index is 11.5. The Morgan fingerprint density at radius 1 is 1.31 bits per heavy atom. The van der Waals surface area contributed by atoms with Crippen LogP contribution >= 0.6 is 0 Å². The van der Waals surface area contributed by atoms with Crippen LogP contribution < -0.4 is 11.1 Å². The maximum Gasteiger partial charge on any atom is 0.221 e. The summed E-state index contributed by atoms with van der Waals surface area (Å²) in [5.41, 5.74) is 5.82. The first kappa shape index (κ1) is 15.4. The van der Waals surface area contributed by atoms with Crippen molar-refractivity contribution >= 4 is 5.91 Å². The van der Waals surface area contributed by atoms with Gasteiger partial charge >= 0.3 is 0 Å². The van der Waals surface area contributed by atoms with Crippen molar-refractivity contribution in [1.29, 1.82) is 0 Å². The predicted molar refractivity (Wildman–Crippen MR) is 68.2 cm³/mol. The molecular weight excluding hydrogens is 202 g/mol. The van der Waals surface area contributed by atoms with E-state index in [-0.39, 0.29) is 11.9 Å². The molecule has 0 saturated heterocycles. The third-order valence-electron chi connectivity index (χ3n) is 2.63. The van der Waals surface area contributed by atoms with Gasteiger partial charge in [-0.3, -0.25) is 4.79 Å². The van der Waals surface area contributed by atoms with Gasteiger partial charge in [-0.15, -0.1) is 0 Å². The van der Waals surface area contributed by atoms with Crippen LogP contribution in [-0.4, -0.2) is 44.0 Å². The molecule has 0 aromatic heterocycles. The van der Waals surface area contributed by atoms with Gasteiger partial charge < -0.3 is 16.0 Å². The summed E-state index contributed by atoms with van der Waals surface area (Å²) in [5.74, 6) is 0.436. The van der Waals surface area contributed by atoms with Gasteiger partial charge in [0.2, 0.25) is 5.91 Å². The number of amides is 1. The van der Waals surface area contributed by atoms with E-state index in [0.717, 1.165) is 25.9 Å². The van der Waals surface area contributed by atoms with Crippen LogP contribution in [0.15, 0.2) is 0 Å². The second-order valence-electron chi connectivity index (χ2n) is 4.97. The Labute approximate surface area is 99.6 Å². The molecule has 0 aliphatic heterocycles. The Morgan fingerprint density at radius 3 is 2.44 bits per heavy atom. The zero-order valence-corrected chi connectivity index (χ0v) is 11.1. The maximum absolute atomic E-state index is 11.5. The van der Waals surface area contributed by atoms with Crippen LogP contribution in [0.1, 0.15) is 33.1 Å². The SMILES string of the molecule is CC(C)C(N)CC(=O)NCCCCN(C)C. The van der Waals surface area contributed by atoms with Gasteiger partial charge in [0, 0.05) is 19.0 Å². The minimum Gasteiger partial charge on any atom is -0.356 e. The summed E-state index contributed by atoms with van der Waals surface area (Å²) in [6.07, 6.45) is 2.58. The minimum atomic E-state index is -0.0261. The topological polar surface area (TPSA) is 58.4 Å². The molecule has 16 heavy (non-hydrogen) atoms. The molecule has 0 aromatic rings. The molecule has 0 rings (SSSR count). The van der Waals surface area contributed by atoms with Gasteiger partial charge in [-0.05, 0) is 39.4 Å². The highest BCUT2D eigenvalue weighted by molar-refractivity contribution is 5.76. The van der Waals surface area contributed by atoms with Gasteiger partial charge in [0.15, 0.2) is 0 Å². The molecule has 0 radical (unpaired) electrons. The normalized spacial score (nSPS) is 13.2. The summed E-state index contributed by atoms with van der Waals surface area (Å²) in [6, 6.07) is -0.0261. The number of nitrogens with two attached hydrogens (primary N) is 1. The largest absolute Gasteiger partial charge is 0.356 e. The highest BCUT2D eigenvalue weighted by Gasteiger charge is 2.11. The number of rotatable bonds is 8. The number of carbonyl (C=O) groups excluding carboxylic acids is 1. The summed E-state index contributed by atoms with van der Waals surface area (Å²) >= 11 is 0. The van der Waals surface area contributed by atoms with E-state index in [2.05, 4.69) is 24.3 Å². The second-order valence-corrected chi connectivity index (χ2v) is 4.97. The van der Waals surface area contributed by atoms with Crippen LogP contribution in [0.5, 0.6) is 0 Å². The van der Waals surface area contributed by atoms with Gasteiger partial charge in [-0.25, -0.2) is 0 Å². The van der Waals surface area contributed by atoms with Crippen LogP contribution in [0, 0.1) is 5.92 Å². The number of hydrogen-bond donors (Lipinski definition) is 2. The highest BCUT2D eigenvalue weighted by Crippen LogP contribution is 2.02. The van der Waals surface area contributed by atoms with Gasteiger partial charge in [-0.2, -0.15) is 0 Å². The average molecular weight is 229 g/mol. The summed E-state index contributed by atoms with van der Waals surface area (Å²) < 4.78 is 0. The van der Waals surface area contributed by atoms with Crippen LogP contribution in [0.3, 0.4) is 0 Å². The van der Waals surface area contributed by atoms with Crippen molar-refractivity contribution in [3.63, 3.8) is 0 Å². The van der Waals surface area contributed by atoms with Gasteiger partial charge in [0.1, 0.15) is 0 Å². The fraction of sp³-hybridized carbons (Fsp3) is 0.917. The molecule has 3 N–H and O–H groups in total. The lowest BCUT2D eigenvalue weighted by atomic mass is 10.0. The van der Waals surface area contributed by atoms with E-state index in [1.54, 1.807) is 0 Å². The molecule has 0 aliphatic carbocycles. The lowest BCUT2D eigenvalue weighted by Crippen LogP contribution is -2.35. The standard InChI is InChI=1S/C12H27N3O/c1-10(2)11(13)9-12(16)14-7-5-6-8-15(3)4/h10-11H,5-9,13H2,1-4H3,(H,14,16). The summed E-state index contributed by atoms with van der Waals surface area (Å²) in [4.78, 5) is 13.6. The monoisotopic (exact) mass is 229 g/mol. The van der Waals surface area contributed by atoms with E-state index in [1.165, 1.54) is 0 Å². The Balaban J connectivity index is 3.44. The molecule has 4 nitrogen and oxygen atoms in total. The van der Waals surface area contributed by atoms with Gasteiger partial charge in [0.25, 0.3) is 0 Å². The van der Waals surface area contributed by atoms with E-state index in [9.17, 15) is 4.79 Å². The molecule has 0 spiro atoms. The third-order valence-corrected chi connectivity index (χ3v) is 2.63. The first-order valence-electron chi connectivity index (χ1n) is 6.10. The van der Waals surface area contributed by atoms with Crippen molar-refractivity contribution in [1.82, 2.24) is 10.2 Å². The average Bonchev–Trinajstić information content (AvgIpc) is 2.16. The van der Waals surface area contributed by atoms with Crippen LogP contribution in [-0.2, 0) is 4.79 Å². The van der Waals surface area contributed by atoms with Crippen molar-refractivity contribution in [3.05, 3.63) is 0 Å². The van der Waals surface area contributed by atoms with E-state index in [0.29, 0.717) is 12.3 Å². The number of nitrogens with zero attached hydrogens (tertiary/aromatic N) is 1. The quantitative estimate of drug-likeness (QED) is 0.606. The molecule has 96 valence electrons. The predicted octanol–water partition coefficient (Wildman–Crippen LogP) is 0.818. The van der Waals surface area contributed by atoms with Crippen molar-refractivity contribution in [2.45, 2.75) is 39.2 Å². The van der Waals surface area contributed by atoms with E-state index < -0.39 is 0 Å². The molecule has 0 saturated carbocycles. The van der Waals surface area contributed by atoms with Crippen LogP contribution in [0.4, 0.5) is 0 Å². The van der Waals surface area contributed by atoms with Crippen molar-refractivity contribution in [2.24, 2.45) is 11.7 Å². The minimum absolute atomic E-state index is 0.0261. The molecule has 1 amide bonds. The van der Waals surface area contributed by atoms with E-state index >= 15 is 0 Å². The third kappa shape index (κ3) is 8.68. The molecule has 1 unspecified atom stereocenters. The molecule has 4 heteroatoms.